The fourth-order valence-electron chi connectivity index (χ4n) is 3.12. The molecule has 0 spiro atoms. The number of methoxy groups -OCH3 is 1. The summed E-state index contributed by atoms with van der Waals surface area (Å²) in [6.45, 7) is 6.85. The van der Waals surface area contributed by atoms with Gasteiger partial charge in [0.1, 0.15) is 0 Å². The van der Waals surface area contributed by atoms with E-state index >= 15 is 0 Å². The molecule has 0 aliphatic carbocycles. The van der Waals surface area contributed by atoms with Gasteiger partial charge < -0.3 is 14.8 Å². The summed E-state index contributed by atoms with van der Waals surface area (Å²) in [5, 5.41) is 14.5. The minimum atomic E-state index is -3.04. The Labute approximate surface area is 167 Å². The van der Waals surface area contributed by atoms with Crippen molar-refractivity contribution in [3.05, 3.63) is 62.5 Å². The van der Waals surface area contributed by atoms with Crippen LogP contribution in [0.4, 0.5) is 5.69 Å². The number of nitro groups is 1. The van der Waals surface area contributed by atoms with Crippen LogP contribution < -0.4 is 5.32 Å². The molecule has 8 nitrogen and oxygen atoms in total. The molecule has 1 aromatic carbocycles. The van der Waals surface area contributed by atoms with Gasteiger partial charge in [0.25, 0.3) is 5.69 Å². The number of nitro benzene ring substituents is 1. The average Bonchev–Trinajstić information content (AvgIpc) is 2.63. The van der Waals surface area contributed by atoms with Crippen LogP contribution >= 0.6 is 0 Å². The molecule has 1 aliphatic heterocycles. The summed E-state index contributed by atoms with van der Waals surface area (Å²) in [4.78, 5) is 36.8. The van der Waals surface area contributed by atoms with Crippen molar-refractivity contribution in [1.82, 2.24) is 5.32 Å². The quantitative estimate of drug-likeness (QED) is 0.343. The molecule has 0 aromatic heterocycles. The predicted molar refractivity (Wildman–Crippen MR) is 102 cm³/mol. The minimum Gasteiger partial charge on any atom is -0.466 e. The van der Waals surface area contributed by atoms with Crippen LogP contribution in [0.25, 0.3) is 0 Å². The molecule has 0 amide bonds. The van der Waals surface area contributed by atoms with E-state index in [2.05, 4.69) is 10.1 Å². The largest absolute Gasteiger partial charge is 0.466 e. The first-order chi connectivity index (χ1) is 14.3. The summed E-state index contributed by atoms with van der Waals surface area (Å²) in [5.74, 6) is -3.20. The van der Waals surface area contributed by atoms with Crippen LogP contribution in [0, 0.1) is 16.0 Å². The molecule has 0 saturated heterocycles. The molecule has 1 atom stereocenters. The maximum atomic E-state index is 13.0. The van der Waals surface area contributed by atoms with E-state index in [1.807, 2.05) is 13.8 Å². The molecule has 0 fully saturated rings. The smallest absolute Gasteiger partial charge is 0.336 e. The highest BCUT2D eigenvalue weighted by atomic mass is 16.6. The van der Waals surface area contributed by atoms with Gasteiger partial charge in [0.05, 0.1) is 39.7 Å². The van der Waals surface area contributed by atoms with E-state index in [0.717, 1.165) is 0 Å². The minimum absolute atomic E-state index is 0.0296. The molecule has 0 bridgehead atoms. The van der Waals surface area contributed by atoms with Crippen molar-refractivity contribution >= 4 is 17.6 Å². The summed E-state index contributed by atoms with van der Waals surface area (Å²) in [6, 6.07) is 5.63. The van der Waals surface area contributed by atoms with E-state index in [-0.39, 0.29) is 40.6 Å². The Morgan fingerprint density at radius 3 is 2.39 bits per heavy atom. The third kappa shape index (κ3) is 4.21. The number of hydrogen-bond acceptors (Lipinski definition) is 7. The second-order valence-corrected chi connectivity index (χ2v) is 6.83. The average molecular weight is 392 g/mol. The van der Waals surface area contributed by atoms with Crippen molar-refractivity contribution in [1.29, 1.82) is 0 Å². The molecule has 1 aromatic rings. The van der Waals surface area contributed by atoms with Crippen LogP contribution in [0.15, 0.2) is 46.8 Å². The van der Waals surface area contributed by atoms with Gasteiger partial charge in [-0.1, -0.05) is 32.0 Å². The van der Waals surface area contributed by atoms with Crippen molar-refractivity contribution in [2.24, 2.45) is 5.92 Å². The molecule has 28 heavy (non-hydrogen) atoms. The van der Waals surface area contributed by atoms with Crippen LogP contribution in [0.5, 0.6) is 0 Å². The number of hydrogen-bond donors (Lipinski definition) is 1. The molecule has 0 saturated carbocycles. The Bertz CT molecular complexity index is 966. The molecule has 1 aliphatic rings. The number of nitrogens with zero attached hydrogens (tertiary/aromatic N) is 1. The van der Waals surface area contributed by atoms with Gasteiger partial charge in [-0.2, -0.15) is 0 Å². The Kier molecular flexibility index (Phi) is 5.27. The number of allylic oxidation sites excluding steroid dienone is 2. The number of para-hydroxylation sites is 1. The lowest BCUT2D eigenvalue weighted by molar-refractivity contribution is -0.385. The van der Waals surface area contributed by atoms with Crippen molar-refractivity contribution in [2.75, 3.05) is 13.6 Å². The summed E-state index contributed by atoms with van der Waals surface area (Å²) < 4.78 is 31.7. The maximum Gasteiger partial charge on any atom is 0.336 e. The Hall–Kier alpha value is -3.16. The number of ether oxygens (including phenoxy) is 2. The second kappa shape index (κ2) is 8.69. The van der Waals surface area contributed by atoms with Gasteiger partial charge in [0.15, 0.2) is 0 Å². The summed E-state index contributed by atoms with van der Waals surface area (Å²) in [5.41, 5.74) is 0.0192. The van der Waals surface area contributed by atoms with Crippen molar-refractivity contribution in [2.45, 2.75) is 33.6 Å². The van der Waals surface area contributed by atoms with E-state index in [1.54, 1.807) is 6.92 Å². The van der Waals surface area contributed by atoms with Gasteiger partial charge in [-0.3, -0.25) is 10.1 Å². The standard InChI is InChI=1S/C20H24N2O6/c1-11(2)10-28-20(24)17-13(4)21-12(3)16(19(23)27-5)18(17)14-8-6-7-9-15(14)22(25)26/h6-9,11,18,21H,10H2,1-5H3/i5+1D3. The number of carbonyl (C=O) groups is 2. The fourth-order valence-corrected chi connectivity index (χ4v) is 3.12. The Balaban J connectivity index is 2.70. The van der Waals surface area contributed by atoms with Gasteiger partial charge >= 0.3 is 11.9 Å². The third-order valence-corrected chi connectivity index (χ3v) is 4.29. The van der Waals surface area contributed by atoms with Crippen molar-refractivity contribution < 1.29 is 28.1 Å². The van der Waals surface area contributed by atoms with Crippen LogP contribution in [-0.2, 0) is 19.1 Å². The summed E-state index contributed by atoms with van der Waals surface area (Å²) >= 11 is 0. The van der Waals surface area contributed by atoms with E-state index in [4.69, 9.17) is 8.85 Å². The van der Waals surface area contributed by atoms with Crippen molar-refractivity contribution in [3.63, 3.8) is 0 Å². The van der Waals surface area contributed by atoms with Crippen LogP contribution in [0.2, 0.25) is 0 Å². The van der Waals surface area contributed by atoms with E-state index < -0.39 is 29.8 Å². The number of dihydropyridines is 1. The van der Waals surface area contributed by atoms with E-state index in [9.17, 15) is 19.7 Å². The first-order valence-corrected chi connectivity index (χ1v) is 8.65. The molecular weight excluding hydrogens is 365 g/mol. The van der Waals surface area contributed by atoms with Gasteiger partial charge in [-0.25, -0.2) is 9.59 Å². The number of nitrogens with one attached hydrogen (secondary N) is 1. The van der Waals surface area contributed by atoms with Crippen LogP contribution in [0.1, 0.15) is 43.3 Å². The molecule has 1 unspecified atom stereocenters. The van der Waals surface area contributed by atoms with Crippen LogP contribution in [0.3, 0.4) is 0 Å². The Morgan fingerprint density at radius 2 is 1.82 bits per heavy atom. The summed E-state index contributed by atoms with van der Waals surface area (Å²) in [7, 11) is -3.04. The molecule has 1 N–H and O–H groups in total. The zero-order chi connectivity index (χ0) is 23.5. The molecule has 150 valence electrons. The first kappa shape index (κ1) is 17.0. The van der Waals surface area contributed by atoms with Gasteiger partial charge in [0, 0.05) is 23.0 Å². The molecule has 8 heteroatoms. The van der Waals surface area contributed by atoms with Gasteiger partial charge in [-0.15, -0.1) is 0 Å². The zero-order valence-electron chi connectivity index (χ0n) is 19.1. The lowest BCUT2D eigenvalue weighted by atomic mass is 9.79. The third-order valence-electron chi connectivity index (χ3n) is 4.29. The van der Waals surface area contributed by atoms with E-state index in [1.165, 1.54) is 31.2 Å². The number of rotatable bonds is 6. The monoisotopic (exact) mass is 392 g/mol. The highest BCUT2D eigenvalue weighted by molar-refractivity contribution is 6.00. The maximum absolute atomic E-state index is 13.0. The Morgan fingerprint density at radius 1 is 1.21 bits per heavy atom. The molecule has 1 heterocycles. The topological polar surface area (TPSA) is 108 Å². The zero-order valence-corrected chi connectivity index (χ0v) is 16.1. The van der Waals surface area contributed by atoms with Gasteiger partial charge in [0.2, 0.25) is 0 Å². The number of carbonyl (C=O) groups excluding carboxylic acids is 2. The number of esters is 2. The summed E-state index contributed by atoms with van der Waals surface area (Å²) in [6.07, 6.45) is 0. The normalized spacial score (nSPS) is 18.8. The van der Waals surface area contributed by atoms with Crippen molar-refractivity contribution in [3.8, 4) is 0 Å². The number of benzene rings is 1. The van der Waals surface area contributed by atoms with Gasteiger partial charge in [-0.05, 0) is 19.8 Å². The molecule has 0 radical (unpaired) electrons. The first-order valence-electron chi connectivity index (χ1n) is 10.2. The highest BCUT2D eigenvalue weighted by Gasteiger charge is 2.40. The molecule has 2 rings (SSSR count). The predicted octanol–water partition coefficient (Wildman–Crippen LogP) is 3.20. The lowest BCUT2D eigenvalue weighted by Gasteiger charge is -2.30. The SMILES string of the molecule is [2H][13C]([2H])([2H])OC(=O)C1=C(C)NC(C)=C(C(=O)OCC(C)C)C1c1ccccc1[N+](=O)[O-]. The highest BCUT2D eigenvalue weighted by Crippen LogP contribution is 2.42. The van der Waals surface area contributed by atoms with Crippen LogP contribution in [-0.4, -0.2) is 30.5 Å². The second-order valence-electron chi connectivity index (χ2n) is 6.83. The lowest BCUT2D eigenvalue weighted by Crippen LogP contribution is -2.32. The fraction of sp³-hybridized carbons (Fsp3) is 0.400. The molecular formula is C20H24N2O6. The van der Waals surface area contributed by atoms with E-state index in [0.29, 0.717) is 5.70 Å².